The van der Waals surface area contributed by atoms with Crippen LogP contribution in [0.4, 0.5) is 0 Å². The molecule has 1 aliphatic rings. The van der Waals surface area contributed by atoms with Gasteiger partial charge >= 0.3 is 0 Å². The van der Waals surface area contributed by atoms with Crippen molar-refractivity contribution < 1.29 is 0 Å². The zero-order valence-corrected chi connectivity index (χ0v) is 12.2. The lowest BCUT2D eigenvalue weighted by Gasteiger charge is -2.22. The van der Waals surface area contributed by atoms with Gasteiger partial charge in [-0.3, -0.25) is 0 Å². The Morgan fingerprint density at radius 2 is 1.40 bits per heavy atom. The summed E-state index contributed by atoms with van der Waals surface area (Å²) in [6.07, 6.45) is 0. The van der Waals surface area contributed by atoms with Crippen molar-refractivity contribution in [3.05, 3.63) is 65.7 Å². The Kier molecular flexibility index (Phi) is 2.21. The monoisotopic (exact) mass is 256 g/mol. The molecule has 0 nitrogen and oxygen atoms in total. The van der Waals surface area contributed by atoms with Crippen LogP contribution in [0.3, 0.4) is 0 Å². The van der Waals surface area contributed by atoms with Crippen LogP contribution in [0, 0.1) is 0 Å². The first kappa shape index (κ1) is 11.8. The fourth-order valence-electron chi connectivity index (χ4n) is 3.54. The maximum atomic E-state index is 2.38. The van der Waals surface area contributed by atoms with Crippen LogP contribution >= 0.6 is 0 Å². The summed E-state index contributed by atoms with van der Waals surface area (Å²) in [5, 5.41) is 2.67. The third-order valence-electron chi connectivity index (χ3n) is 4.70. The van der Waals surface area contributed by atoms with E-state index in [1.54, 1.807) is 0 Å². The Morgan fingerprint density at radius 1 is 0.750 bits per heavy atom. The van der Waals surface area contributed by atoms with Gasteiger partial charge in [-0.25, -0.2) is 0 Å². The van der Waals surface area contributed by atoms with Crippen LogP contribution < -0.4 is 5.46 Å². The quantitative estimate of drug-likeness (QED) is 0.541. The van der Waals surface area contributed by atoms with Crippen molar-refractivity contribution in [2.24, 2.45) is 0 Å². The Labute approximate surface area is 120 Å². The van der Waals surface area contributed by atoms with Gasteiger partial charge in [0.25, 0.3) is 0 Å². The van der Waals surface area contributed by atoms with Crippen LogP contribution in [0.2, 0.25) is 0 Å². The normalized spacial score (nSPS) is 15.1. The van der Waals surface area contributed by atoms with Crippen LogP contribution in [0.1, 0.15) is 25.0 Å². The SMILES string of the molecule is Bc1ccc2c(c1)C(C)(C)c1cc3ccccc3cc1-2. The zero-order valence-electron chi connectivity index (χ0n) is 12.2. The lowest BCUT2D eigenvalue weighted by molar-refractivity contribution is 0.662. The molecule has 4 rings (SSSR count). The first-order valence-electron chi connectivity index (χ1n) is 7.22. The highest BCUT2D eigenvalue weighted by molar-refractivity contribution is 6.32. The topological polar surface area (TPSA) is 0 Å². The number of rotatable bonds is 0. The second kappa shape index (κ2) is 3.76. The van der Waals surface area contributed by atoms with Crippen LogP contribution in [0.15, 0.2) is 54.6 Å². The largest absolute Gasteiger partial charge is 0.139 e. The number of hydrogen-bond donors (Lipinski definition) is 0. The minimum absolute atomic E-state index is 0.0979. The highest BCUT2D eigenvalue weighted by Gasteiger charge is 2.35. The van der Waals surface area contributed by atoms with E-state index in [2.05, 4.69) is 76.3 Å². The minimum atomic E-state index is 0.0979. The summed E-state index contributed by atoms with van der Waals surface area (Å²) < 4.78 is 0. The summed E-state index contributed by atoms with van der Waals surface area (Å²) in [5.41, 5.74) is 7.17. The molecule has 0 atom stereocenters. The van der Waals surface area contributed by atoms with Crippen LogP contribution in [-0.4, -0.2) is 7.85 Å². The Bertz CT molecular complexity index is 844. The van der Waals surface area contributed by atoms with E-state index < -0.39 is 0 Å². The van der Waals surface area contributed by atoms with Crippen molar-refractivity contribution in [2.45, 2.75) is 19.3 Å². The average molecular weight is 256 g/mol. The average Bonchev–Trinajstić information content (AvgIpc) is 2.65. The molecule has 20 heavy (non-hydrogen) atoms. The van der Waals surface area contributed by atoms with Crippen molar-refractivity contribution in [1.29, 1.82) is 0 Å². The molecule has 0 heterocycles. The van der Waals surface area contributed by atoms with E-state index in [1.807, 2.05) is 0 Å². The van der Waals surface area contributed by atoms with Gasteiger partial charge in [-0.1, -0.05) is 61.8 Å². The van der Waals surface area contributed by atoms with Crippen molar-refractivity contribution in [3.63, 3.8) is 0 Å². The summed E-state index contributed by atoms with van der Waals surface area (Å²) in [7, 11) is 2.18. The van der Waals surface area contributed by atoms with Crippen molar-refractivity contribution in [1.82, 2.24) is 0 Å². The lowest BCUT2D eigenvalue weighted by atomic mass is 9.80. The molecular weight excluding hydrogens is 239 g/mol. The molecule has 0 fully saturated rings. The molecule has 0 saturated heterocycles. The van der Waals surface area contributed by atoms with E-state index >= 15 is 0 Å². The van der Waals surface area contributed by atoms with Crippen molar-refractivity contribution in [3.8, 4) is 11.1 Å². The van der Waals surface area contributed by atoms with Gasteiger partial charge in [0.15, 0.2) is 0 Å². The molecule has 0 aliphatic heterocycles. The second-order valence-electron chi connectivity index (χ2n) is 6.42. The highest BCUT2D eigenvalue weighted by atomic mass is 14.4. The van der Waals surface area contributed by atoms with Crippen molar-refractivity contribution >= 4 is 24.1 Å². The molecule has 1 aliphatic carbocycles. The molecule has 96 valence electrons. The van der Waals surface area contributed by atoms with Gasteiger partial charge in [0.2, 0.25) is 0 Å². The molecule has 0 aromatic heterocycles. The molecule has 0 amide bonds. The van der Waals surface area contributed by atoms with Gasteiger partial charge in [0.05, 0.1) is 0 Å². The molecule has 0 unspecified atom stereocenters. The molecule has 0 saturated carbocycles. The van der Waals surface area contributed by atoms with E-state index in [0.29, 0.717) is 0 Å². The Morgan fingerprint density at radius 3 is 2.15 bits per heavy atom. The molecule has 3 aromatic carbocycles. The summed E-state index contributed by atoms with van der Waals surface area (Å²) in [5.74, 6) is 0. The van der Waals surface area contributed by atoms with Crippen LogP contribution in [0.25, 0.3) is 21.9 Å². The van der Waals surface area contributed by atoms with E-state index in [9.17, 15) is 0 Å². The summed E-state index contributed by atoms with van der Waals surface area (Å²) >= 11 is 0. The minimum Gasteiger partial charge on any atom is -0.0886 e. The summed E-state index contributed by atoms with van der Waals surface area (Å²) in [6, 6.07) is 20.2. The number of hydrogen-bond acceptors (Lipinski definition) is 0. The van der Waals surface area contributed by atoms with Gasteiger partial charge in [0.1, 0.15) is 7.85 Å². The molecule has 0 bridgehead atoms. The zero-order chi connectivity index (χ0) is 13.9. The number of benzene rings is 3. The molecule has 0 radical (unpaired) electrons. The van der Waals surface area contributed by atoms with E-state index in [1.165, 1.54) is 38.5 Å². The molecule has 0 N–H and O–H groups in total. The first-order valence-corrected chi connectivity index (χ1v) is 7.22. The van der Waals surface area contributed by atoms with Crippen LogP contribution in [-0.2, 0) is 5.41 Å². The Hall–Kier alpha value is -2.02. The maximum Gasteiger partial charge on any atom is 0.139 e. The van der Waals surface area contributed by atoms with Gasteiger partial charge in [-0.15, -0.1) is 0 Å². The fraction of sp³-hybridized carbons (Fsp3) is 0.158. The van der Waals surface area contributed by atoms with E-state index in [0.717, 1.165) is 0 Å². The standard InChI is InChI=1S/C19H17B/c1-19(2)17-10-13-6-4-3-5-12(13)9-16(17)15-8-7-14(20)11-18(15)19/h3-11H,20H2,1-2H3. The van der Waals surface area contributed by atoms with Gasteiger partial charge < -0.3 is 0 Å². The maximum absolute atomic E-state index is 2.38. The lowest BCUT2D eigenvalue weighted by Crippen LogP contribution is -2.17. The molecule has 1 heteroatoms. The second-order valence-corrected chi connectivity index (χ2v) is 6.42. The smallest absolute Gasteiger partial charge is 0.0886 e. The summed E-state index contributed by atoms with van der Waals surface area (Å²) in [6.45, 7) is 4.68. The third-order valence-corrected chi connectivity index (χ3v) is 4.70. The van der Waals surface area contributed by atoms with Gasteiger partial charge in [0, 0.05) is 5.41 Å². The van der Waals surface area contributed by atoms with Crippen LogP contribution in [0.5, 0.6) is 0 Å². The fourth-order valence-corrected chi connectivity index (χ4v) is 3.54. The predicted molar refractivity (Wildman–Crippen MR) is 89.7 cm³/mol. The number of fused-ring (bicyclic) bond motifs is 4. The Balaban J connectivity index is 2.12. The van der Waals surface area contributed by atoms with Gasteiger partial charge in [-0.2, -0.15) is 0 Å². The van der Waals surface area contributed by atoms with Crippen molar-refractivity contribution in [2.75, 3.05) is 0 Å². The third kappa shape index (κ3) is 1.44. The first-order chi connectivity index (χ1) is 9.57. The van der Waals surface area contributed by atoms with E-state index in [4.69, 9.17) is 0 Å². The summed E-state index contributed by atoms with van der Waals surface area (Å²) in [4.78, 5) is 0. The molecule has 0 spiro atoms. The van der Waals surface area contributed by atoms with E-state index in [-0.39, 0.29) is 5.41 Å². The molecular formula is C19H17B. The van der Waals surface area contributed by atoms with Gasteiger partial charge in [-0.05, 0) is 45.2 Å². The molecule has 3 aromatic rings. The predicted octanol–water partition coefficient (Wildman–Crippen LogP) is 3.40. The highest BCUT2D eigenvalue weighted by Crippen LogP contribution is 2.49.